The van der Waals surface area contributed by atoms with Crippen LogP contribution in [0.25, 0.3) is 0 Å². The molecule has 0 atom stereocenters. The molecular weight excluding hydrogens is 392 g/mol. The standard InChI is InChI=1S/C17H19BrN2O3S/c1-11(2)13-4-9-17(16(18)10-13)20-24(22,23)15-7-5-14(6-8-15)19-12(3)21/h4-11,20H,1-3H3,(H,19,21). The van der Waals surface area contributed by atoms with Gasteiger partial charge in [0.15, 0.2) is 0 Å². The molecule has 2 aromatic rings. The van der Waals surface area contributed by atoms with Crippen LogP contribution in [0, 0.1) is 0 Å². The van der Waals surface area contributed by atoms with Crippen LogP contribution in [-0.4, -0.2) is 14.3 Å². The molecule has 7 heteroatoms. The zero-order valence-electron chi connectivity index (χ0n) is 13.6. The second-order valence-electron chi connectivity index (χ2n) is 5.71. The summed E-state index contributed by atoms with van der Waals surface area (Å²) >= 11 is 3.40. The number of carbonyl (C=O) groups excluding carboxylic acids is 1. The summed E-state index contributed by atoms with van der Waals surface area (Å²) in [6.45, 7) is 5.54. The summed E-state index contributed by atoms with van der Waals surface area (Å²) in [6, 6.07) is 11.5. The van der Waals surface area contributed by atoms with Crippen LogP contribution in [0.1, 0.15) is 32.3 Å². The highest BCUT2D eigenvalue weighted by Gasteiger charge is 2.16. The van der Waals surface area contributed by atoms with Crippen molar-refractivity contribution in [3.05, 3.63) is 52.5 Å². The van der Waals surface area contributed by atoms with E-state index in [4.69, 9.17) is 0 Å². The first-order valence-corrected chi connectivity index (χ1v) is 9.66. The predicted molar refractivity (Wildman–Crippen MR) is 99.8 cm³/mol. The Morgan fingerprint density at radius 3 is 2.21 bits per heavy atom. The number of hydrogen-bond acceptors (Lipinski definition) is 3. The molecule has 0 aliphatic carbocycles. The van der Waals surface area contributed by atoms with Gasteiger partial charge in [-0.05, 0) is 63.8 Å². The Balaban J connectivity index is 2.23. The average Bonchev–Trinajstić information content (AvgIpc) is 2.49. The van der Waals surface area contributed by atoms with Gasteiger partial charge in [0, 0.05) is 17.1 Å². The second-order valence-corrected chi connectivity index (χ2v) is 8.24. The van der Waals surface area contributed by atoms with Crippen molar-refractivity contribution in [2.45, 2.75) is 31.6 Å². The fraction of sp³-hybridized carbons (Fsp3) is 0.235. The van der Waals surface area contributed by atoms with E-state index in [9.17, 15) is 13.2 Å². The molecule has 0 saturated heterocycles. The van der Waals surface area contributed by atoms with Gasteiger partial charge in [0.2, 0.25) is 5.91 Å². The molecule has 2 aromatic carbocycles. The lowest BCUT2D eigenvalue weighted by molar-refractivity contribution is -0.114. The van der Waals surface area contributed by atoms with Crippen LogP contribution in [0.4, 0.5) is 11.4 Å². The van der Waals surface area contributed by atoms with E-state index in [1.807, 2.05) is 12.1 Å². The highest BCUT2D eigenvalue weighted by molar-refractivity contribution is 9.10. The first kappa shape index (κ1) is 18.5. The lowest BCUT2D eigenvalue weighted by Gasteiger charge is -2.13. The van der Waals surface area contributed by atoms with E-state index in [0.717, 1.165) is 5.56 Å². The first-order chi connectivity index (χ1) is 11.2. The van der Waals surface area contributed by atoms with Crippen molar-refractivity contribution < 1.29 is 13.2 Å². The average molecular weight is 411 g/mol. The largest absolute Gasteiger partial charge is 0.326 e. The van der Waals surface area contributed by atoms with E-state index in [1.165, 1.54) is 19.1 Å². The van der Waals surface area contributed by atoms with E-state index >= 15 is 0 Å². The monoisotopic (exact) mass is 410 g/mol. The number of halogens is 1. The summed E-state index contributed by atoms with van der Waals surface area (Å²) in [7, 11) is -3.71. The number of amides is 1. The molecule has 0 saturated carbocycles. The van der Waals surface area contributed by atoms with Crippen molar-refractivity contribution in [3.8, 4) is 0 Å². The molecule has 0 radical (unpaired) electrons. The van der Waals surface area contributed by atoms with E-state index < -0.39 is 10.0 Å². The lowest BCUT2D eigenvalue weighted by atomic mass is 10.0. The van der Waals surface area contributed by atoms with Gasteiger partial charge in [-0.25, -0.2) is 8.42 Å². The van der Waals surface area contributed by atoms with E-state index in [-0.39, 0.29) is 10.8 Å². The second kappa shape index (κ2) is 7.36. The number of sulfonamides is 1. The maximum absolute atomic E-state index is 12.5. The summed E-state index contributed by atoms with van der Waals surface area (Å²) in [4.78, 5) is 11.1. The van der Waals surface area contributed by atoms with Crippen molar-refractivity contribution in [2.75, 3.05) is 10.0 Å². The van der Waals surface area contributed by atoms with Crippen LogP contribution in [-0.2, 0) is 14.8 Å². The van der Waals surface area contributed by atoms with Gasteiger partial charge in [0.05, 0.1) is 10.6 Å². The van der Waals surface area contributed by atoms with Crippen LogP contribution in [0.5, 0.6) is 0 Å². The van der Waals surface area contributed by atoms with Gasteiger partial charge in [0.1, 0.15) is 0 Å². The Labute approximate surface area is 150 Å². The van der Waals surface area contributed by atoms with Gasteiger partial charge in [-0.2, -0.15) is 0 Å². The third kappa shape index (κ3) is 4.58. The summed E-state index contributed by atoms with van der Waals surface area (Å²) in [5, 5.41) is 2.60. The van der Waals surface area contributed by atoms with Crippen LogP contribution in [0.2, 0.25) is 0 Å². The summed E-state index contributed by atoms with van der Waals surface area (Å²) < 4.78 is 28.2. The molecule has 0 bridgehead atoms. The minimum absolute atomic E-state index is 0.122. The zero-order valence-corrected chi connectivity index (χ0v) is 16.0. The lowest BCUT2D eigenvalue weighted by Crippen LogP contribution is -2.13. The molecule has 0 aliphatic rings. The van der Waals surface area contributed by atoms with E-state index in [2.05, 4.69) is 39.8 Å². The molecule has 1 amide bonds. The third-order valence-electron chi connectivity index (χ3n) is 3.39. The minimum atomic E-state index is -3.71. The topological polar surface area (TPSA) is 75.3 Å². The molecule has 128 valence electrons. The summed E-state index contributed by atoms with van der Waals surface area (Å²) in [5.41, 5.74) is 2.14. The Morgan fingerprint density at radius 1 is 1.08 bits per heavy atom. The molecular formula is C17H19BrN2O3S. The van der Waals surface area contributed by atoms with Crippen LogP contribution >= 0.6 is 15.9 Å². The predicted octanol–water partition coefficient (Wildman–Crippen LogP) is 4.33. The van der Waals surface area contributed by atoms with Gasteiger partial charge in [0.25, 0.3) is 10.0 Å². The molecule has 0 heterocycles. The van der Waals surface area contributed by atoms with Crippen molar-refractivity contribution >= 4 is 43.2 Å². The quantitative estimate of drug-likeness (QED) is 0.769. The Bertz CT molecular complexity index is 847. The molecule has 24 heavy (non-hydrogen) atoms. The molecule has 0 unspecified atom stereocenters. The fourth-order valence-electron chi connectivity index (χ4n) is 2.10. The zero-order chi connectivity index (χ0) is 17.9. The number of rotatable bonds is 5. The number of anilines is 2. The number of benzene rings is 2. The highest BCUT2D eigenvalue weighted by atomic mass is 79.9. The van der Waals surface area contributed by atoms with Crippen LogP contribution in [0.3, 0.4) is 0 Å². The molecule has 0 fully saturated rings. The van der Waals surface area contributed by atoms with Crippen molar-refractivity contribution in [1.29, 1.82) is 0 Å². The minimum Gasteiger partial charge on any atom is -0.326 e. The smallest absolute Gasteiger partial charge is 0.261 e. The first-order valence-electron chi connectivity index (χ1n) is 7.39. The molecule has 0 spiro atoms. The normalized spacial score (nSPS) is 11.4. The summed E-state index contributed by atoms with van der Waals surface area (Å²) in [6.07, 6.45) is 0. The number of nitrogens with one attached hydrogen (secondary N) is 2. The Kier molecular flexibility index (Phi) is 5.66. The third-order valence-corrected chi connectivity index (χ3v) is 5.43. The van der Waals surface area contributed by atoms with Crippen LogP contribution in [0.15, 0.2) is 51.8 Å². The fourth-order valence-corrected chi connectivity index (χ4v) is 3.80. The van der Waals surface area contributed by atoms with E-state index in [0.29, 0.717) is 21.8 Å². The van der Waals surface area contributed by atoms with Gasteiger partial charge < -0.3 is 5.32 Å². The maximum atomic E-state index is 12.5. The van der Waals surface area contributed by atoms with Gasteiger partial charge in [-0.3, -0.25) is 9.52 Å². The Morgan fingerprint density at radius 2 is 1.71 bits per heavy atom. The van der Waals surface area contributed by atoms with Crippen molar-refractivity contribution in [2.24, 2.45) is 0 Å². The number of hydrogen-bond donors (Lipinski definition) is 2. The molecule has 0 aromatic heterocycles. The van der Waals surface area contributed by atoms with Gasteiger partial charge in [-0.15, -0.1) is 0 Å². The highest BCUT2D eigenvalue weighted by Crippen LogP contribution is 2.29. The molecule has 5 nitrogen and oxygen atoms in total. The summed E-state index contributed by atoms with van der Waals surface area (Å²) in [5.74, 6) is 0.145. The van der Waals surface area contributed by atoms with Gasteiger partial charge in [-0.1, -0.05) is 19.9 Å². The van der Waals surface area contributed by atoms with Crippen molar-refractivity contribution in [1.82, 2.24) is 0 Å². The SMILES string of the molecule is CC(=O)Nc1ccc(S(=O)(=O)Nc2ccc(C(C)C)cc2Br)cc1. The van der Waals surface area contributed by atoms with E-state index in [1.54, 1.807) is 18.2 Å². The van der Waals surface area contributed by atoms with Crippen LogP contribution < -0.4 is 10.0 Å². The van der Waals surface area contributed by atoms with Crippen molar-refractivity contribution in [3.63, 3.8) is 0 Å². The Hall–Kier alpha value is -1.86. The maximum Gasteiger partial charge on any atom is 0.261 e. The molecule has 2 rings (SSSR count). The molecule has 0 aliphatic heterocycles. The molecule has 2 N–H and O–H groups in total. The van der Waals surface area contributed by atoms with Gasteiger partial charge >= 0.3 is 0 Å². The number of carbonyl (C=O) groups is 1.